The van der Waals surface area contributed by atoms with Crippen molar-refractivity contribution in [1.82, 2.24) is 0 Å². The molecule has 0 radical (unpaired) electrons. The molecule has 0 atom stereocenters. The van der Waals surface area contributed by atoms with E-state index < -0.39 is 27.1 Å². The molecular formula is C8H7NaO7S. The zero-order valence-corrected chi connectivity index (χ0v) is 8.47. The second-order valence-corrected chi connectivity index (χ2v) is 4.18. The minimum absolute atomic E-state index is 0. The van der Waals surface area contributed by atoms with E-state index in [0.29, 0.717) is 0 Å². The number of carboxylic acids is 1. The van der Waals surface area contributed by atoms with Crippen molar-refractivity contribution in [3.63, 3.8) is 0 Å². The van der Waals surface area contributed by atoms with Crippen LogP contribution in [0.2, 0.25) is 0 Å². The molecule has 1 aromatic rings. The quantitative estimate of drug-likeness (QED) is 0.591. The Hall–Kier alpha value is -1.09. The van der Waals surface area contributed by atoms with Crippen LogP contribution in [0.1, 0.15) is 10.4 Å². The van der Waals surface area contributed by atoms with Gasteiger partial charge in [0.2, 0.25) is 0 Å². The Labute approximate surface area is 118 Å². The average Bonchev–Trinajstić information content (AvgIpc) is 2.16. The Balaban J connectivity index is 0.00000256. The molecule has 88 valence electrons. The average molecular weight is 270 g/mol. The number of aromatic carboxylic acids is 1. The second-order valence-electron chi connectivity index (χ2n) is 2.63. The summed E-state index contributed by atoms with van der Waals surface area (Å²) in [5, 5.41) is 16.7. The van der Waals surface area contributed by atoms with E-state index in [9.17, 15) is 18.0 Å². The molecule has 9 heteroatoms. The molecule has 0 aliphatic heterocycles. The van der Waals surface area contributed by atoms with E-state index in [1.807, 2.05) is 0 Å². The standard InChI is InChI=1S/C8H6O7S.Na.H/c9-7(10)5-1-3-6(4-2-5)16(13,14)15-8(11)12;;/h1-4H,(H,9,10)(H,11,12);;. The monoisotopic (exact) mass is 270 g/mol. The van der Waals surface area contributed by atoms with Gasteiger partial charge in [0.05, 0.1) is 5.56 Å². The van der Waals surface area contributed by atoms with Crippen molar-refractivity contribution in [2.24, 2.45) is 0 Å². The Morgan fingerprint density at radius 3 is 1.88 bits per heavy atom. The molecule has 17 heavy (non-hydrogen) atoms. The van der Waals surface area contributed by atoms with Gasteiger partial charge in [-0.15, -0.1) is 0 Å². The third kappa shape index (κ3) is 4.35. The van der Waals surface area contributed by atoms with Crippen molar-refractivity contribution in [1.29, 1.82) is 0 Å². The Kier molecular flexibility index (Phi) is 5.62. The molecule has 2 N–H and O–H groups in total. The first-order valence-electron chi connectivity index (χ1n) is 3.84. The van der Waals surface area contributed by atoms with Crippen molar-refractivity contribution in [3.8, 4) is 0 Å². The predicted octanol–water partition coefficient (Wildman–Crippen LogP) is 0.120. The maximum absolute atomic E-state index is 11.2. The van der Waals surface area contributed by atoms with Crippen molar-refractivity contribution >= 4 is 51.8 Å². The fourth-order valence-electron chi connectivity index (χ4n) is 0.906. The Morgan fingerprint density at radius 2 is 1.53 bits per heavy atom. The molecule has 0 saturated carbocycles. The number of benzene rings is 1. The van der Waals surface area contributed by atoms with Crippen LogP contribution < -0.4 is 0 Å². The number of carboxylic acid groups (broad SMARTS) is 2. The molecular weight excluding hydrogens is 263 g/mol. The van der Waals surface area contributed by atoms with Gasteiger partial charge in [0.15, 0.2) is 0 Å². The van der Waals surface area contributed by atoms with Gasteiger partial charge >= 0.3 is 51.8 Å². The van der Waals surface area contributed by atoms with Crippen LogP contribution in [0.3, 0.4) is 0 Å². The molecule has 0 bridgehead atoms. The second kappa shape index (κ2) is 6.01. The molecule has 0 aliphatic carbocycles. The molecule has 0 aromatic heterocycles. The van der Waals surface area contributed by atoms with E-state index in [1.54, 1.807) is 0 Å². The molecule has 0 heterocycles. The maximum atomic E-state index is 11.2. The number of carbonyl (C=O) groups is 2. The number of rotatable bonds is 3. The molecule has 7 nitrogen and oxygen atoms in total. The van der Waals surface area contributed by atoms with Gasteiger partial charge in [-0.2, -0.15) is 8.42 Å². The van der Waals surface area contributed by atoms with E-state index in [-0.39, 0.29) is 35.1 Å². The van der Waals surface area contributed by atoms with Gasteiger partial charge in [-0.25, -0.2) is 9.59 Å². The number of hydrogen-bond donors (Lipinski definition) is 2. The van der Waals surface area contributed by atoms with Gasteiger partial charge in [-0.05, 0) is 24.3 Å². The topological polar surface area (TPSA) is 118 Å². The summed E-state index contributed by atoms with van der Waals surface area (Å²) >= 11 is 0. The minimum atomic E-state index is -4.39. The normalized spacial score (nSPS) is 10.1. The first-order chi connectivity index (χ1) is 7.33. The Morgan fingerprint density at radius 1 is 1.06 bits per heavy atom. The fourth-order valence-corrected chi connectivity index (χ4v) is 1.66. The van der Waals surface area contributed by atoms with Crippen LogP contribution in [0.4, 0.5) is 4.79 Å². The van der Waals surface area contributed by atoms with Crippen LogP contribution in [-0.4, -0.2) is 60.3 Å². The van der Waals surface area contributed by atoms with Gasteiger partial charge in [0, 0.05) is 0 Å². The van der Waals surface area contributed by atoms with E-state index in [0.717, 1.165) is 24.3 Å². The third-order valence-corrected chi connectivity index (χ3v) is 2.78. The summed E-state index contributed by atoms with van der Waals surface area (Å²) in [6.07, 6.45) is -1.96. The molecule has 0 saturated heterocycles. The van der Waals surface area contributed by atoms with E-state index in [2.05, 4.69) is 4.18 Å². The molecule has 1 aromatic carbocycles. The first-order valence-corrected chi connectivity index (χ1v) is 5.24. The van der Waals surface area contributed by atoms with Crippen molar-refractivity contribution in [2.75, 3.05) is 0 Å². The van der Waals surface area contributed by atoms with Gasteiger partial charge in [-0.1, -0.05) is 0 Å². The van der Waals surface area contributed by atoms with Crippen LogP contribution in [0.25, 0.3) is 0 Å². The van der Waals surface area contributed by atoms with Gasteiger partial charge in [-0.3, -0.25) is 0 Å². The summed E-state index contributed by atoms with van der Waals surface area (Å²) < 4.78 is 26.0. The molecule has 0 unspecified atom stereocenters. The van der Waals surface area contributed by atoms with Gasteiger partial charge in [0.1, 0.15) is 4.90 Å². The van der Waals surface area contributed by atoms with Crippen LogP contribution in [0.5, 0.6) is 0 Å². The molecule has 0 aliphatic rings. The van der Waals surface area contributed by atoms with E-state index in [4.69, 9.17) is 10.2 Å². The van der Waals surface area contributed by atoms with E-state index in [1.165, 1.54) is 0 Å². The van der Waals surface area contributed by atoms with Crippen molar-refractivity contribution in [2.45, 2.75) is 4.90 Å². The molecule has 0 fully saturated rings. The molecule has 0 spiro atoms. The van der Waals surface area contributed by atoms with Crippen molar-refractivity contribution < 1.29 is 32.4 Å². The van der Waals surface area contributed by atoms with Gasteiger partial charge < -0.3 is 14.4 Å². The third-order valence-electron chi connectivity index (χ3n) is 1.57. The first kappa shape index (κ1) is 15.9. The SMILES string of the molecule is O=C(O)OS(=O)(=O)c1ccc(C(=O)O)cc1.[NaH]. The fraction of sp³-hybridized carbons (Fsp3) is 0. The summed E-state index contributed by atoms with van der Waals surface area (Å²) in [6.45, 7) is 0. The molecule has 1 rings (SSSR count). The van der Waals surface area contributed by atoms with Crippen LogP contribution in [-0.2, 0) is 14.3 Å². The Bertz CT molecular complexity index is 519. The number of hydrogen-bond acceptors (Lipinski definition) is 5. The summed E-state index contributed by atoms with van der Waals surface area (Å²) in [5.74, 6) is -1.22. The zero-order valence-electron chi connectivity index (χ0n) is 7.65. The predicted molar refractivity (Wildman–Crippen MR) is 56.8 cm³/mol. The zero-order chi connectivity index (χ0) is 12.3. The summed E-state index contributed by atoms with van der Waals surface area (Å²) in [7, 11) is -4.39. The van der Waals surface area contributed by atoms with Gasteiger partial charge in [0.25, 0.3) is 0 Å². The summed E-state index contributed by atoms with van der Waals surface area (Å²) in [6, 6.07) is 3.95. The van der Waals surface area contributed by atoms with Crippen LogP contribution >= 0.6 is 0 Å². The summed E-state index contributed by atoms with van der Waals surface area (Å²) in [4.78, 5) is 20.1. The van der Waals surface area contributed by atoms with Crippen molar-refractivity contribution in [3.05, 3.63) is 29.8 Å². The molecule has 0 amide bonds. The van der Waals surface area contributed by atoms with Crippen LogP contribution in [0.15, 0.2) is 29.2 Å². The summed E-state index contributed by atoms with van der Waals surface area (Å²) in [5.41, 5.74) is -0.116. The van der Waals surface area contributed by atoms with Crippen LogP contribution in [0, 0.1) is 0 Å². The van der Waals surface area contributed by atoms with E-state index >= 15 is 0 Å².